The molecule has 2 aliphatic rings. The third-order valence-electron chi connectivity index (χ3n) is 6.17. The van der Waals surface area contributed by atoms with E-state index < -0.39 is 0 Å². The zero-order valence-corrected chi connectivity index (χ0v) is 21.1. The van der Waals surface area contributed by atoms with Crippen LogP contribution in [0.5, 0.6) is 5.75 Å². The van der Waals surface area contributed by atoms with Crippen molar-refractivity contribution in [3.63, 3.8) is 0 Å². The van der Waals surface area contributed by atoms with Gasteiger partial charge >= 0.3 is 0 Å². The minimum atomic E-state index is -0.188. The molecule has 0 spiro atoms. The average Bonchev–Trinajstić information content (AvgIpc) is 2.88. The summed E-state index contributed by atoms with van der Waals surface area (Å²) in [6.45, 7) is 2.89. The first-order chi connectivity index (χ1) is 17.1. The second kappa shape index (κ2) is 10.8. The van der Waals surface area contributed by atoms with E-state index in [9.17, 15) is 9.59 Å². The molecule has 2 aromatic heterocycles. The lowest BCUT2D eigenvalue weighted by Crippen LogP contribution is -2.45. The number of benzene rings is 1. The highest BCUT2D eigenvalue weighted by Gasteiger charge is 2.23. The fraction of sp³-hybridized carbons (Fsp3) is 0.360. The maximum atomic E-state index is 12.7. The minimum Gasteiger partial charge on any atom is -0.497 e. The van der Waals surface area contributed by atoms with Crippen molar-refractivity contribution >= 4 is 52.1 Å². The number of likely N-dealkylation sites (tertiary alicyclic amines) is 1. The Labute approximate surface area is 212 Å². The van der Waals surface area contributed by atoms with Crippen LogP contribution in [-0.4, -0.2) is 71.0 Å². The molecule has 0 aliphatic carbocycles. The van der Waals surface area contributed by atoms with Gasteiger partial charge in [-0.1, -0.05) is 0 Å². The SMILES string of the molecule is COc1ccc2ncc(SCCN3CCC(NC(=O)c4ccc5c(n4)NC(=O)CS5)CC3)cc2c1. The van der Waals surface area contributed by atoms with Gasteiger partial charge in [0, 0.05) is 47.9 Å². The molecule has 1 saturated heterocycles. The first-order valence-corrected chi connectivity index (χ1v) is 13.6. The Balaban J connectivity index is 1.07. The summed E-state index contributed by atoms with van der Waals surface area (Å²) in [5, 5.41) is 6.94. The lowest BCUT2D eigenvalue weighted by molar-refractivity contribution is -0.113. The summed E-state index contributed by atoms with van der Waals surface area (Å²) in [5.74, 6) is 2.40. The van der Waals surface area contributed by atoms with Gasteiger partial charge in [0.1, 0.15) is 17.3 Å². The molecule has 8 nitrogen and oxygen atoms in total. The van der Waals surface area contributed by atoms with Gasteiger partial charge in [0.15, 0.2) is 0 Å². The molecule has 2 N–H and O–H groups in total. The van der Waals surface area contributed by atoms with Crippen LogP contribution in [-0.2, 0) is 4.79 Å². The molecular formula is C25H27N5O3S2. The van der Waals surface area contributed by atoms with Gasteiger partial charge in [-0.2, -0.15) is 0 Å². The third-order valence-corrected chi connectivity index (χ3v) is 8.16. The van der Waals surface area contributed by atoms with Gasteiger partial charge in [-0.05, 0) is 49.2 Å². The molecule has 2 aliphatic heterocycles. The standard InChI is InChI=1S/C25H27N5O3S2/c1-33-18-2-3-20-16(12-18)13-19(14-26-20)34-11-10-30-8-6-17(7-9-30)27-25(32)21-4-5-22-24(28-21)29-23(31)15-35-22/h2-5,12-14,17H,6-11,15H2,1H3,(H,27,32)(H,28,29,31). The van der Waals surface area contributed by atoms with E-state index in [0.717, 1.165) is 64.7 Å². The first-order valence-electron chi connectivity index (χ1n) is 11.6. The summed E-state index contributed by atoms with van der Waals surface area (Å²) in [6.07, 6.45) is 3.75. The number of amides is 2. The number of carbonyl (C=O) groups excluding carboxylic acids is 2. The van der Waals surface area contributed by atoms with Crippen molar-refractivity contribution in [2.75, 3.05) is 43.6 Å². The molecule has 5 rings (SSSR count). The van der Waals surface area contributed by atoms with Gasteiger partial charge in [0.25, 0.3) is 5.91 Å². The quantitative estimate of drug-likeness (QED) is 0.466. The van der Waals surface area contributed by atoms with Crippen LogP contribution >= 0.6 is 23.5 Å². The van der Waals surface area contributed by atoms with Gasteiger partial charge < -0.3 is 20.3 Å². The number of thioether (sulfide) groups is 2. The number of ether oxygens (including phenoxy) is 1. The van der Waals surface area contributed by atoms with Crippen molar-refractivity contribution < 1.29 is 14.3 Å². The number of nitrogens with zero attached hydrogens (tertiary/aromatic N) is 3. The molecule has 1 aromatic carbocycles. The van der Waals surface area contributed by atoms with Crippen molar-refractivity contribution in [3.8, 4) is 5.75 Å². The molecule has 35 heavy (non-hydrogen) atoms. The number of pyridine rings is 2. The largest absolute Gasteiger partial charge is 0.497 e. The zero-order chi connectivity index (χ0) is 24.2. The second-order valence-electron chi connectivity index (χ2n) is 8.55. The number of piperidine rings is 1. The summed E-state index contributed by atoms with van der Waals surface area (Å²) in [7, 11) is 1.67. The van der Waals surface area contributed by atoms with Crippen LogP contribution in [0.2, 0.25) is 0 Å². The Morgan fingerprint density at radius 2 is 2.11 bits per heavy atom. The van der Waals surface area contributed by atoms with Crippen molar-refractivity contribution in [2.45, 2.75) is 28.7 Å². The van der Waals surface area contributed by atoms with Gasteiger partial charge in [-0.3, -0.25) is 14.6 Å². The molecule has 0 saturated carbocycles. The van der Waals surface area contributed by atoms with Crippen molar-refractivity contribution in [1.29, 1.82) is 0 Å². The maximum Gasteiger partial charge on any atom is 0.270 e. The number of aromatic nitrogens is 2. The van der Waals surface area contributed by atoms with Crippen LogP contribution in [0.1, 0.15) is 23.3 Å². The number of fused-ring (bicyclic) bond motifs is 2. The number of hydrogen-bond acceptors (Lipinski definition) is 8. The Bertz CT molecular complexity index is 1250. The summed E-state index contributed by atoms with van der Waals surface area (Å²) in [5.41, 5.74) is 1.31. The second-order valence-corrected chi connectivity index (χ2v) is 10.7. The molecule has 0 radical (unpaired) electrons. The Kier molecular flexibility index (Phi) is 7.40. The smallest absolute Gasteiger partial charge is 0.270 e. The van der Waals surface area contributed by atoms with Crippen molar-refractivity contribution in [3.05, 3.63) is 48.3 Å². The number of hydrogen-bond donors (Lipinski definition) is 2. The molecule has 2 amide bonds. The Morgan fingerprint density at radius 3 is 2.94 bits per heavy atom. The van der Waals surface area contributed by atoms with E-state index in [1.165, 1.54) is 11.8 Å². The van der Waals surface area contributed by atoms with Gasteiger partial charge in [0.2, 0.25) is 5.91 Å². The topological polar surface area (TPSA) is 96.4 Å². The van der Waals surface area contributed by atoms with E-state index in [1.807, 2.05) is 42.2 Å². The summed E-state index contributed by atoms with van der Waals surface area (Å²) in [4.78, 5) is 37.7. The average molecular weight is 510 g/mol. The lowest BCUT2D eigenvalue weighted by Gasteiger charge is -2.32. The summed E-state index contributed by atoms with van der Waals surface area (Å²) in [6, 6.07) is 11.8. The molecule has 0 unspecified atom stereocenters. The normalized spacial score (nSPS) is 16.5. The fourth-order valence-corrected chi connectivity index (χ4v) is 5.92. The van der Waals surface area contributed by atoms with E-state index >= 15 is 0 Å². The minimum absolute atomic E-state index is 0.0878. The number of nitrogens with one attached hydrogen (secondary N) is 2. The molecule has 1 fully saturated rings. The highest BCUT2D eigenvalue weighted by atomic mass is 32.2. The number of rotatable bonds is 7. The summed E-state index contributed by atoms with van der Waals surface area (Å²) < 4.78 is 5.32. The van der Waals surface area contributed by atoms with E-state index in [2.05, 4.69) is 31.6 Å². The molecule has 3 aromatic rings. The summed E-state index contributed by atoms with van der Waals surface area (Å²) >= 11 is 3.25. The lowest BCUT2D eigenvalue weighted by atomic mass is 10.0. The predicted molar refractivity (Wildman–Crippen MR) is 140 cm³/mol. The van der Waals surface area contributed by atoms with E-state index in [0.29, 0.717) is 17.3 Å². The highest BCUT2D eigenvalue weighted by molar-refractivity contribution is 8.00. The first kappa shape index (κ1) is 23.9. The number of methoxy groups -OCH3 is 1. The fourth-order valence-electron chi connectivity index (χ4n) is 4.24. The van der Waals surface area contributed by atoms with Crippen molar-refractivity contribution in [2.24, 2.45) is 0 Å². The van der Waals surface area contributed by atoms with Crippen LogP contribution in [0, 0.1) is 0 Å². The molecule has 10 heteroatoms. The molecular weight excluding hydrogens is 482 g/mol. The van der Waals surface area contributed by atoms with Crippen LogP contribution in [0.25, 0.3) is 10.9 Å². The molecule has 182 valence electrons. The highest BCUT2D eigenvalue weighted by Crippen LogP contribution is 2.30. The van der Waals surface area contributed by atoms with E-state index in [-0.39, 0.29) is 17.9 Å². The molecule has 0 bridgehead atoms. The Morgan fingerprint density at radius 1 is 1.26 bits per heavy atom. The molecule has 0 atom stereocenters. The van der Waals surface area contributed by atoms with Gasteiger partial charge in [-0.25, -0.2) is 4.98 Å². The van der Waals surface area contributed by atoms with E-state index in [1.54, 1.807) is 13.2 Å². The van der Waals surface area contributed by atoms with Crippen molar-refractivity contribution in [1.82, 2.24) is 20.2 Å². The third kappa shape index (κ3) is 5.88. The monoisotopic (exact) mass is 509 g/mol. The predicted octanol–water partition coefficient (Wildman–Crippen LogP) is 3.67. The number of anilines is 1. The van der Waals surface area contributed by atoms with Crippen LogP contribution in [0.3, 0.4) is 0 Å². The zero-order valence-electron chi connectivity index (χ0n) is 19.5. The maximum absolute atomic E-state index is 12.7. The van der Waals surface area contributed by atoms with Crippen LogP contribution in [0.15, 0.2) is 52.4 Å². The number of carbonyl (C=O) groups is 2. The van der Waals surface area contributed by atoms with Crippen LogP contribution in [0.4, 0.5) is 5.82 Å². The van der Waals surface area contributed by atoms with Gasteiger partial charge in [-0.15, -0.1) is 23.5 Å². The van der Waals surface area contributed by atoms with E-state index in [4.69, 9.17) is 4.74 Å². The Hall–Kier alpha value is -2.82. The van der Waals surface area contributed by atoms with Gasteiger partial charge in [0.05, 0.1) is 23.3 Å². The molecule has 4 heterocycles. The van der Waals surface area contributed by atoms with Crippen LogP contribution < -0.4 is 15.4 Å².